The number of benzene rings is 1. The van der Waals surface area contributed by atoms with E-state index in [1.54, 1.807) is 6.92 Å². The van der Waals surface area contributed by atoms with Crippen LogP contribution in [0, 0.1) is 6.92 Å². The van der Waals surface area contributed by atoms with E-state index in [4.69, 9.17) is 9.47 Å². The summed E-state index contributed by atoms with van der Waals surface area (Å²) < 4.78 is 13.7. The molecule has 2 N–H and O–H groups in total. The van der Waals surface area contributed by atoms with E-state index in [1.807, 2.05) is 44.2 Å². The van der Waals surface area contributed by atoms with Crippen molar-refractivity contribution in [2.75, 3.05) is 0 Å². The Morgan fingerprint density at radius 3 is 2.61 bits per heavy atom. The average Bonchev–Trinajstić information content (AvgIpc) is 2.96. The number of nitrogens with one attached hydrogen (secondary N) is 1. The summed E-state index contributed by atoms with van der Waals surface area (Å²) in [6, 6.07) is 9.73. The third kappa shape index (κ3) is 3.83. The molecule has 0 bridgehead atoms. The minimum absolute atomic E-state index is 0.337. The lowest BCUT2D eigenvalue weighted by molar-refractivity contribution is -0.128. The molecule has 1 aromatic carbocycles. The number of hydrogen-bond acceptors (Lipinski definition) is 5. The average molecular weight is 388 g/mol. The van der Waals surface area contributed by atoms with Gasteiger partial charge in [0.25, 0.3) is 5.56 Å². The predicted octanol–water partition coefficient (Wildman–Crippen LogP) is 2.27. The smallest absolute Gasteiger partial charge is 0.330 e. The van der Waals surface area contributed by atoms with E-state index in [2.05, 4.69) is 4.98 Å². The lowest BCUT2D eigenvalue weighted by Crippen LogP contribution is -2.44. The van der Waals surface area contributed by atoms with Crippen molar-refractivity contribution in [3.8, 4) is 0 Å². The number of aliphatic hydroxyl groups is 1. The van der Waals surface area contributed by atoms with Crippen LogP contribution in [0.4, 0.5) is 0 Å². The third-order valence-electron chi connectivity index (χ3n) is 5.44. The first kappa shape index (κ1) is 20.5. The van der Waals surface area contributed by atoms with Gasteiger partial charge in [-0.05, 0) is 25.3 Å². The molecule has 2 aromatic rings. The standard InChI is InChI=1S/C21H28N2O5/c1-4-11-21(5-2)17(27-13-15-9-7-6-8-10-15)16(24)19(28-21)23-12-14(3)18(25)22-20(23)26/h6-10,12,16-17,19,24H,4-5,11,13H2,1-3H3,(H,22,25,26)/t16-,17?,19-,21+/m1/s1. The Balaban J connectivity index is 1.94. The molecule has 7 heteroatoms. The fourth-order valence-electron chi connectivity index (χ4n) is 3.93. The largest absolute Gasteiger partial charge is 0.386 e. The van der Waals surface area contributed by atoms with Crippen LogP contribution in [0.3, 0.4) is 0 Å². The van der Waals surface area contributed by atoms with Gasteiger partial charge in [0.05, 0.1) is 12.2 Å². The molecule has 7 nitrogen and oxygen atoms in total. The van der Waals surface area contributed by atoms with Crippen LogP contribution in [-0.4, -0.2) is 32.5 Å². The summed E-state index contributed by atoms with van der Waals surface area (Å²) in [6.45, 7) is 5.98. The van der Waals surface area contributed by atoms with Gasteiger partial charge in [-0.1, -0.05) is 50.6 Å². The highest BCUT2D eigenvalue weighted by atomic mass is 16.6. The number of aromatic amines is 1. The highest BCUT2D eigenvalue weighted by Crippen LogP contribution is 2.43. The number of ether oxygens (including phenoxy) is 2. The van der Waals surface area contributed by atoms with E-state index < -0.39 is 35.3 Å². The van der Waals surface area contributed by atoms with E-state index in [1.165, 1.54) is 10.8 Å². The maximum absolute atomic E-state index is 12.3. The molecular formula is C21H28N2O5. The zero-order valence-corrected chi connectivity index (χ0v) is 16.6. The topological polar surface area (TPSA) is 93.6 Å². The van der Waals surface area contributed by atoms with E-state index in [-0.39, 0.29) is 0 Å². The molecule has 2 heterocycles. The molecule has 1 saturated heterocycles. The molecule has 1 aromatic heterocycles. The normalized spacial score (nSPS) is 27.2. The minimum Gasteiger partial charge on any atom is -0.386 e. The highest BCUT2D eigenvalue weighted by Gasteiger charge is 2.54. The van der Waals surface area contributed by atoms with Gasteiger partial charge in [-0.25, -0.2) is 4.79 Å². The van der Waals surface area contributed by atoms with Crippen molar-refractivity contribution < 1.29 is 14.6 Å². The van der Waals surface area contributed by atoms with Gasteiger partial charge in [0.15, 0.2) is 6.23 Å². The Hall–Kier alpha value is -2.22. The van der Waals surface area contributed by atoms with E-state index in [9.17, 15) is 14.7 Å². The molecule has 0 amide bonds. The van der Waals surface area contributed by atoms with Crippen LogP contribution >= 0.6 is 0 Å². The SMILES string of the molecule is CCC[C@]1(CC)O[C@@H](n2cc(C)c(=O)[nH]c2=O)[C@H](O)C1OCc1ccccc1. The van der Waals surface area contributed by atoms with Gasteiger partial charge in [-0.3, -0.25) is 14.3 Å². The maximum atomic E-state index is 12.3. The Bertz CT molecular complexity index is 907. The molecule has 4 atom stereocenters. The molecule has 3 rings (SSSR count). The van der Waals surface area contributed by atoms with Gasteiger partial charge in [-0.2, -0.15) is 0 Å². The first-order valence-electron chi connectivity index (χ1n) is 9.75. The number of aromatic nitrogens is 2. The number of aryl methyl sites for hydroxylation is 1. The Kier molecular flexibility index (Phi) is 6.17. The second kappa shape index (κ2) is 8.43. The van der Waals surface area contributed by atoms with Gasteiger partial charge in [0.2, 0.25) is 0 Å². The second-order valence-corrected chi connectivity index (χ2v) is 7.36. The lowest BCUT2D eigenvalue weighted by Gasteiger charge is -2.33. The number of aliphatic hydroxyl groups excluding tert-OH is 1. The highest BCUT2D eigenvalue weighted by molar-refractivity contribution is 5.14. The summed E-state index contributed by atoms with van der Waals surface area (Å²) in [7, 11) is 0. The molecule has 28 heavy (non-hydrogen) atoms. The molecule has 0 aliphatic carbocycles. The van der Waals surface area contributed by atoms with Crippen LogP contribution in [0.2, 0.25) is 0 Å². The second-order valence-electron chi connectivity index (χ2n) is 7.36. The third-order valence-corrected chi connectivity index (χ3v) is 5.44. The van der Waals surface area contributed by atoms with Crippen LogP contribution in [0.25, 0.3) is 0 Å². The first-order valence-corrected chi connectivity index (χ1v) is 9.75. The number of H-pyrrole nitrogens is 1. The number of rotatable bonds is 7. The van der Waals surface area contributed by atoms with Crippen molar-refractivity contribution in [1.82, 2.24) is 9.55 Å². The maximum Gasteiger partial charge on any atom is 0.330 e. The van der Waals surface area contributed by atoms with Crippen LogP contribution in [-0.2, 0) is 16.1 Å². The quantitative estimate of drug-likeness (QED) is 0.759. The molecule has 1 aliphatic heterocycles. The van der Waals surface area contributed by atoms with E-state index in [0.29, 0.717) is 25.0 Å². The molecule has 152 valence electrons. The van der Waals surface area contributed by atoms with Gasteiger partial charge in [0, 0.05) is 11.8 Å². The lowest BCUT2D eigenvalue weighted by atomic mass is 9.87. The zero-order chi connectivity index (χ0) is 20.3. The van der Waals surface area contributed by atoms with Crippen LogP contribution < -0.4 is 11.2 Å². The molecule has 0 radical (unpaired) electrons. The number of hydrogen-bond donors (Lipinski definition) is 2. The first-order chi connectivity index (χ1) is 13.4. The van der Waals surface area contributed by atoms with Crippen molar-refractivity contribution in [2.45, 2.75) is 70.7 Å². The summed E-state index contributed by atoms with van der Waals surface area (Å²) in [6.07, 6.45) is 1.03. The molecule has 0 spiro atoms. The number of nitrogens with zero attached hydrogens (tertiary/aromatic N) is 1. The summed E-state index contributed by atoms with van der Waals surface area (Å²) in [5.74, 6) is 0. The summed E-state index contributed by atoms with van der Waals surface area (Å²) in [5.41, 5.74) is -0.388. The Morgan fingerprint density at radius 2 is 1.96 bits per heavy atom. The van der Waals surface area contributed by atoms with E-state index >= 15 is 0 Å². The molecular weight excluding hydrogens is 360 g/mol. The monoisotopic (exact) mass is 388 g/mol. The van der Waals surface area contributed by atoms with E-state index in [0.717, 1.165) is 12.0 Å². The van der Waals surface area contributed by atoms with Crippen molar-refractivity contribution in [2.24, 2.45) is 0 Å². The van der Waals surface area contributed by atoms with Gasteiger partial charge >= 0.3 is 5.69 Å². The minimum atomic E-state index is -1.04. The summed E-state index contributed by atoms with van der Waals surface area (Å²) in [4.78, 5) is 26.3. The fraction of sp³-hybridized carbons (Fsp3) is 0.524. The van der Waals surface area contributed by atoms with Gasteiger partial charge in [-0.15, -0.1) is 0 Å². The Labute approximate surface area is 163 Å². The molecule has 1 aliphatic rings. The van der Waals surface area contributed by atoms with Gasteiger partial charge < -0.3 is 14.6 Å². The van der Waals surface area contributed by atoms with Crippen molar-refractivity contribution in [3.63, 3.8) is 0 Å². The summed E-state index contributed by atoms with van der Waals surface area (Å²) in [5, 5.41) is 11.1. The Morgan fingerprint density at radius 1 is 1.25 bits per heavy atom. The summed E-state index contributed by atoms with van der Waals surface area (Å²) >= 11 is 0. The van der Waals surface area contributed by atoms with Crippen LogP contribution in [0.1, 0.15) is 50.5 Å². The molecule has 0 saturated carbocycles. The van der Waals surface area contributed by atoms with Crippen molar-refractivity contribution >= 4 is 0 Å². The van der Waals surface area contributed by atoms with Crippen molar-refractivity contribution in [1.29, 1.82) is 0 Å². The predicted molar refractivity (Wildman–Crippen MR) is 105 cm³/mol. The molecule has 1 fully saturated rings. The van der Waals surface area contributed by atoms with Gasteiger partial charge in [0.1, 0.15) is 12.2 Å². The van der Waals surface area contributed by atoms with Crippen LogP contribution in [0.5, 0.6) is 0 Å². The zero-order valence-electron chi connectivity index (χ0n) is 16.6. The van der Waals surface area contributed by atoms with Crippen molar-refractivity contribution in [3.05, 3.63) is 68.5 Å². The fourth-order valence-corrected chi connectivity index (χ4v) is 3.93. The van der Waals surface area contributed by atoms with Crippen LogP contribution in [0.15, 0.2) is 46.1 Å². The molecule has 1 unspecified atom stereocenters.